The molecule has 4 saturated carbocycles. The van der Waals surface area contributed by atoms with E-state index in [-0.39, 0.29) is 16.2 Å². The molecule has 1 atom stereocenters. The van der Waals surface area contributed by atoms with Gasteiger partial charge in [0.2, 0.25) is 0 Å². The van der Waals surface area contributed by atoms with E-state index in [1.807, 2.05) is 6.08 Å². The minimum atomic E-state index is -0.0870. The summed E-state index contributed by atoms with van der Waals surface area (Å²) in [6, 6.07) is 28.7. The molecule has 0 spiro atoms. The molecular formula is C57H69NO2. The zero-order valence-electron chi connectivity index (χ0n) is 38.0. The van der Waals surface area contributed by atoms with E-state index in [1.165, 1.54) is 60.8 Å². The van der Waals surface area contributed by atoms with E-state index < -0.39 is 0 Å². The third-order valence-electron chi connectivity index (χ3n) is 14.7. The summed E-state index contributed by atoms with van der Waals surface area (Å²) in [5.41, 5.74) is 14.4. The second-order valence-corrected chi connectivity index (χ2v) is 21.5. The van der Waals surface area contributed by atoms with Gasteiger partial charge < -0.3 is 10.2 Å². The molecule has 4 bridgehead atoms. The standard InChI is InChI=1S/C57H69NO2/c1-11-14-37(12-2)17-18-41-23-35(3)24-48(53(41)59)44-21-19-42(55(5,6)7)30-46(44)51-15-13-16-52(58-51)47-31-43(56(8,9)10)20-22-45(47)49-25-36(4)26-50(54(49)60)57-32-38-27-39(33-57)29-40(28-38)34-57/h11,13,15-16,19-26,30-31,37-40,59-60H,1,12,14,17-18,27-29,32-34H2,2-10H3. The summed E-state index contributed by atoms with van der Waals surface area (Å²) in [4.78, 5) is 5.55. The second-order valence-electron chi connectivity index (χ2n) is 21.5. The smallest absolute Gasteiger partial charge is 0.127 e. The lowest BCUT2D eigenvalue weighted by Crippen LogP contribution is -2.48. The molecule has 1 aromatic heterocycles. The molecule has 4 aliphatic rings. The van der Waals surface area contributed by atoms with Crippen molar-refractivity contribution in [3.8, 4) is 56.3 Å². The monoisotopic (exact) mass is 800 g/mol. The predicted molar refractivity (Wildman–Crippen MR) is 253 cm³/mol. The van der Waals surface area contributed by atoms with Crippen molar-refractivity contribution < 1.29 is 10.2 Å². The average Bonchev–Trinajstić information content (AvgIpc) is 3.19. The molecule has 0 aliphatic heterocycles. The summed E-state index contributed by atoms with van der Waals surface area (Å²) >= 11 is 0. The largest absolute Gasteiger partial charge is 0.507 e. The minimum Gasteiger partial charge on any atom is -0.507 e. The fourth-order valence-electron chi connectivity index (χ4n) is 11.8. The molecule has 2 N–H and O–H groups in total. The van der Waals surface area contributed by atoms with Gasteiger partial charge in [0.05, 0.1) is 11.4 Å². The Balaban J connectivity index is 1.27. The molecule has 3 heteroatoms. The van der Waals surface area contributed by atoms with Gasteiger partial charge in [-0.2, -0.15) is 0 Å². The van der Waals surface area contributed by atoms with Gasteiger partial charge in [0.1, 0.15) is 11.5 Å². The van der Waals surface area contributed by atoms with Crippen LogP contribution < -0.4 is 0 Å². The quantitative estimate of drug-likeness (QED) is 0.131. The molecular weight excluding hydrogens is 731 g/mol. The van der Waals surface area contributed by atoms with Crippen molar-refractivity contribution in [2.24, 2.45) is 23.7 Å². The van der Waals surface area contributed by atoms with E-state index in [9.17, 15) is 10.2 Å². The maximum absolute atomic E-state index is 12.6. The Morgan fingerprint density at radius 2 is 1.17 bits per heavy atom. The lowest BCUT2D eigenvalue weighted by atomic mass is 9.48. The van der Waals surface area contributed by atoms with Crippen LogP contribution in [0.4, 0.5) is 0 Å². The maximum Gasteiger partial charge on any atom is 0.127 e. The van der Waals surface area contributed by atoms with Crippen molar-refractivity contribution in [2.75, 3.05) is 0 Å². The molecule has 4 fully saturated rings. The number of pyridine rings is 1. The molecule has 5 aromatic rings. The van der Waals surface area contributed by atoms with Gasteiger partial charge in [-0.1, -0.05) is 103 Å². The highest BCUT2D eigenvalue weighted by atomic mass is 16.3. The number of hydrogen-bond donors (Lipinski definition) is 2. The van der Waals surface area contributed by atoms with Crippen molar-refractivity contribution in [1.29, 1.82) is 0 Å². The van der Waals surface area contributed by atoms with Gasteiger partial charge >= 0.3 is 0 Å². The lowest BCUT2D eigenvalue weighted by Gasteiger charge is -2.57. The number of rotatable bonds is 11. The summed E-state index contributed by atoms with van der Waals surface area (Å²) in [5, 5.41) is 24.6. The Hall–Kier alpha value is -4.63. The molecule has 3 nitrogen and oxygen atoms in total. The van der Waals surface area contributed by atoms with E-state index in [0.29, 0.717) is 17.4 Å². The lowest BCUT2D eigenvalue weighted by molar-refractivity contribution is -0.00612. The number of benzene rings is 4. The van der Waals surface area contributed by atoms with Crippen LogP contribution in [0.2, 0.25) is 0 Å². The number of nitrogens with zero attached hydrogens (tertiary/aromatic N) is 1. The van der Waals surface area contributed by atoms with Crippen LogP contribution in [0.1, 0.15) is 140 Å². The zero-order valence-corrected chi connectivity index (χ0v) is 38.0. The Bertz CT molecular complexity index is 2380. The van der Waals surface area contributed by atoms with Crippen LogP contribution in [-0.2, 0) is 22.7 Å². The van der Waals surface area contributed by atoms with Gasteiger partial charge in [-0.15, -0.1) is 6.58 Å². The fourth-order valence-corrected chi connectivity index (χ4v) is 11.8. The number of hydrogen-bond acceptors (Lipinski definition) is 3. The zero-order chi connectivity index (χ0) is 42.7. The maximum atomic E-state index is 12.6. The highest BCUT2D eigenvalue weighted by Gasteiger charge is 2.52. The van der Waals surface area contributed by atoms with Gasteiger partial charge in [0.25, 0.3) is 0 Å². The highest BCUT2D eigenvalue weighted by molar-refractivity contribution is 5.89. The van der Waals surface area contributed by atoms with Crippen LogP contribution in [0.3, 0.4) is 0 Å². The molecule has 9 rings (SSSR count). The first-order valence-corrected chi connectivity index (χ1v) is 23.0. The number of aromatic nitrogens is 1. The molecule has 0 radical (unpaired) electrons. The van der Waals surface area contributed by atoms with Crippen molar-refractivity contribution in [2.45, 2.75) is 143 Å². The fraction of sp³-hybridized carbons (Fsp3) is 0.456. The average molecular weight is 800 g/mol. The van der Waals surface area contributed by atoms with E-state index in [1.54, 1.807) is 0 Å². The Kier molecular flexibility index (Phi) is 11.2. The van der Waals surface area contributed by atoms with Gasteiger partial charge in [-0.25, -0.2) is 4.98 Å². The predicted octanol–water partition coefficient (Wildman–Crippen LogP) is 15.4. The summed E-state index contributed by atoms with van der Waals surface area (Å²) in [6.07, 6.45) is 13.7. The molecule has 0 saturated heterocycles. The summed E-state index contributed by atoms with van der Waals surface area (Å²) in [6.45, 7) is 24.1. The van der Waals surface area contributed by atoms with Crippen LogP contribution in [0.5, 0.6) is 11.5 Å². The van der Waals surface area contributed by atoms with Crippen LogP contribution in [0.25, 0.3) is 44.8 Å². The topological polar surface area (TPSA) is 53.4 Å². The van der Waals surface area contributed by atoms with E-state index in [0.717, 1.165) is 99.3 Å². The number of phenols is 2. The van der Waals surface area contributed by atoms with Gasteiger partial charge in [0, 0.05) is 27.8 Å². The number of allylic oxidation sites excluding steroid dienone is 1. The second kappa shape index (κ2) is 16.0. The third kappa shape index (κ3) is 8.11. The number of aromatic hydroxyl groups is 2. The summed E-state index contributed by atoms with van der Waals surface area (Å²) in [7, 11) is 0. The molecule has 4 aliphatic carbocycles. The molecule has 4 aromatic carbocycles. The van der Waals surface area contributed by atoms with E-state index in [4.69, 9.17) is 4.98 Å². The SMILES string of the molecule is C=CCC(CC)CCc1cc(C)cc(-c2ccc(C(C)(C)C)cc2-c2cccc(-c3cc(C(C)(C)C)ccc3-c3cc(C)cc(C45CC6CC(CC(C6)C4)C5)c3O)n2)c1O. The van der Waals surface area contributed by atoms with Crippen LogP contribution in [0.15, 0.2) is 91.5 Å². The van der Waals surface area contributed by atoms with Gasteiger partial charge in [-0.05, 0) is 187 Å². The molecule has 1 unspecified atom stereocenters. The van der Waals surface area contributed by atoms with Gasteiger partial charge in [-0.3, -0.25) is 0 Å². The number of phenolic OH excluding ortho intramolecular Hbond substituents is 2. The van der Waals surface area contributed by atoms with Crippen molar-refractivity contribution in [1.82, 2.24) is 4.98 Å². The summed E-state index contributed by atoms with van der Waals surface area (Å²) in [5.74, 6) is 3.74. The molecule has 60 heavy (non-hydrogen) atoms. The van der Waals surface area contributed by atoms with Crippen molar-refractivity contribution in [3.05, 3.63) is 125 Å². The number of aryl methyl sites for hydroxylation is 3. The van der Waals surface area contributed by atoms with Crippen LogP contribution >= 0.6 is 0 Å². The first-order chi connectivity index (χ1) is 28.5. The molecule has 0 amide bonds. The summed E-state index contributed by atoms with van der Waals surface area (Å²) < 4.78 is 0. The van der Waals surface area contributed by atoms with Crippen molar-refractivity contribution in [3.63, 3.8) is 0 Å². The highest BCUT2D eigenvalue weighted by Crippen LogP contribution is 2.62. The molecule has 314 valence electrons. The Morgan fingerprint density at radius 1 is 0.667 bits per heavy atom. The molecule has 1 heterocycles. The van der Waals surface area contributed by atoms with E-state index in [2.05, 4.69) is 148 Å². The van der Waals surface area contributed by atoms with Crippen molar-refractivity contribution >= 4 is 0 Å². The third-order valence-corrected chi connectivity index (χ3v) is 14.7. The van der Waals surface area contributed by atoms with E-state index >= 15 is 0 Å². The Labute approximate surface area is 361 Å². The first kappa shape index (κ1) is 42.1. The first-order valence-electron chi connectivity index (χ1n) is 23.0. The normalized spacial score (nSPS) is 21.6. The van der Waals surface area contributed by atoms with Crippen LogP contribution in [-0.4, -0.2) is 15.2 Å². The van der Waals surface area contributed by atoms with Crippen LogP contribution in [0, 0.1) is 37.5 Å². The van der Waals surface area contributed by atoms with Gasteiger partial charge in [0.15, 0.2) is 0 Å². The minimum absolute atomic E-state index is 0.0717. The Morgan fingerprint density at radius 3 is 1.65 bits per heavy atom.